The van der Waals surface area contributed by atoms with Gasteiger partial charge in [-0.1, -0.05) is 19.8 Å². The van der Waals surface area contributed by atoms with E-state index in [-0.39, 0.29) is 30.4 Å². The van der Waals surface area contributed by atoms with Crippen LogP contribution in [0, 0.1) is 5.92 Å². The summed E-state index contributed by atoms with van der Waals surface area (Å²) in [5, 5.41) is 2.75. The molecule has 0 aromatic rings. The van der Waals surface area contributed by atoms with Gasteiger partial charge in [0.25, 0.3) is 0 Å². The van der Waals surface area contributed by atoms with Crippen molar-refractivity contribution in [2.75, 3.05) is 6.54 Å². The molecule has 0 saturated heterocycles. The lowest BCUT2D eigenvalue weighted by Crippen LogP contribution is -2.53. The van der Waals surface area contributed by atoms with E-state index < -0.39 is 5.54 Å². The van der Waals surface area contributed by atoms with Crippen LogP contribution in [0.4, 0.5) is 0 Å². The number of nitrogens with two attached hydrogens (primary N) is 1. The summed E-state index contributed by atoms with van der Waals surface area (Å²) >= 11 is 0. The van der Waals surface area contributed by atoms with Crippen molar-refractivity contribution < 1.29 is 14.3 Å². The van der Waals surface area contributed by atoms with Gasteiger partial charge >= 0.3 is 5.97 Å². The minimum absolute atomic E-state index is 0.133. The van der Waals surface area contributed by atoms with E-state index in [1.54, 1.807) is 20.8 Å². The smallest absolute Gasteiger partial charge is 0.310 e. The predicted molar refractivity (Wildman–Crippen MR) is 68.8 cm³/mol. The number of nitrogens with one attached hydrogen (secondary N) is 1. The summed E-state index contributed by atoms with van der Waals surface area (Å²) in [5.41, 5.74) is 5.28. The molecule has 0 radical (unpaired) electrons. The maximum atomic E-state index is 11.9. The largest absolute Gasteiger partial charge is 0.463 e. The van der Waals surface area contributed by atoms with E-state index in [2.05, 4.69) is 5.32 Å². The second-order valence-corrected chi connectivity index (χ2v) is 5.46. The van der Waals surface area contributed by atoms with Crippen LogP contribution in [0.25, 0.3) is 0 Å². The Bertz CT molecular complexity index is 309. The summed E-state index contributed by atoms with van der Waals surface area (Å²) in [4.78, 5) is 23.5. The van der Waals surface area contributed by atoms with Gasteiger partial charge in [0.05, 0.1) is 17.6 Å². The van der Waals surface area contributed by atoms with E-state index in [9.17, 15) is 9.59 Å². The SMILES string of the molecule is CC(C)OC(=O)C(C)CNC(=O)C1(N)CCCC1. The number of hydrogen-bond acceptors (Lipinski definition) is 4. The molecule has 5 heteroatoms. The third-order valence-corrected chi connectivity index (χ3v) is 3.27. The Hall–Kier alpha value is -1.10. The second kappa shape index (κ2) is 6.18. The molecule has 1 saturated carbocycles. The molecule has 1 aliphatic rings. The van der Waals surface area contributed by atoms with Crippen LogP contribution in [0.1, 0.15) is 46.5 Å². The molecule has 104 valence electrons. The molecule has 0 bridgehead atoms. The normalized spacial score (nSPS) is 19.6. The van der Waals surface area contributed by atoms with Crippen molar-refractivity contribution in [3.05, 3.63) is 0 Å². The van der Waals surface area contributed by atoms with Crippen LogP contribution in [-0.4, -0.2) is 30.1 Å². The molecule has 3 N–H and O–H groups in total. The number of esters is 1. The number of carbonyl (C=O) groups excluding carboxylic acids is 2. The molecule has 0 heterocycles. The molecular weight excluding hydrogens is 232 g/mol. The van der Waals surface area contributed by atoms with Gasteiger partial charge in [-0.15, -0.1) is 0 Å². The standard InChI is InChI=1S/C13H24N2O3/c1-9(2)18-11(16)10(3)8-15-12(17)13(14)6-4-5-7-13/h9-10H,4-8,14H2,1-3H3,(H,15,17). The Morgan fingerprint density at radius 1 is 1.28 bits per heavy atom. The molecule has 0 spiro atoms. The van der Waals surface area contributed by atoms with Crippen LogP contribution in [0.2, 0.25) is 0 Å². The number of ether oxygens (including phenoxy) is 1. The maximum absolute atomic E-state index is 11.9. The van der Waals surface area contributed by atoms with E-state index in [4.69, 9.17) is 10.5 Å². The minimum atomic E-state index is -0.734. The quantitative estimate of drug-likeness (QED) is 0.718. The van der Waals surface area contributed by atoms with Crippen molar-refractivity contribution in [2.45, 2.75) is 58.1 Å². The third-order valence-electron chi connectivity index (χ3n) is 3.27. The molecule has 1 aliphatic carbocycles. The Labute approximate surface area is 108 Å². The molecule has 0 aromatic carbocycles. The Kier molecular flexibility index (Phi) is 5.14. The zero-order valence-corrected chi connectivity index (χ0v) is 11.5. The predicted octanol–water partition coefficient (Wildman–Crippen LogP) is 0.962. The molecule has 0 aliphatic heterocycles. The highest BCUT2D eigenvalue weighted by Crippen LogP contribution is 2.27. The van der Waals surface area contributed by atoms with Crippen LogP contribution in [0.15, 0.2) is 0 Å². The summed E-state index contributed by atoms with van der Waals surface area (Å²) in [6.45, 7) is 5.62. The summed E-state index contributed by atoms with van der Waals surface area (Å²) < 4.78 is 5.07. The second-order valence-electron chi connectivity index (χ2n) is 5.46. The highest BCUT2D eigenvalue weighted by molar-refractivity contribution is 5.86. The summed E-state index contributed by atoms with van der Waals surface area (Å²) in [7, 11) is 0. The van der Waals surface area contributed by atoms with Crippen LogP contribution in [0.3, 0.4) is 0 Å². The van der Waals surface area contributed by atoms with Gasteiger partial charge in [0.2, 0.25) is 5.91 Å². The van der Waals surface area contributed by atoms with Gasteiger partial charge in [-0.25, -0.2) is 0 Å². The van der Waals surface area contributed by atoms with E-state index in [1.165, 1.54) is 0 Å². The van der Waals surface area contributed by atoms with Crippen LogP contribution in [-0.2, 0) is 14.3 Å². The molecule has 1 rings (SSSR count). The number of hydrogen-bond donors (Lipinski definition) is 2. The summed E-state index contributed by atoms with van der Waals surface area (Å²) in [6, 6.07) is 0. The number of amides is 1. The Morgan fingerprint density at radius 2 is 1.83 bits per heavy atom. The first-order valence-corrected chi connectivity index (χ1v) is 6.63. The number of carbonyl (C=O) groups is 2. The van der Waals surface area contributed by atoms with Crippen molar-refractivity contribution in [3.63, 3.8) is 0 Å². The van der Waals surface area contributed by atoms with Crippen LogP contribution < -0.4 is 11.1 Å². The summed E-state index contributed by atoms with van der Waals surface area (Å²) in [6.07, 6.45) is 3.31. The van der Waals surface area contributed by atoms with Gasteiger partial charge < -0.3 is 15.8 Å². The van der Waals surface area contributed by atoms with E-state index >= 15 is 0 Å². The third kappa shape index (κ3) is 3.98. The fourth-order valence-electron chi connectivity index (χ4n) is 2.09. The minimum Gasteiger partial charge on any atom is -0.463 e. The lowest BCUT2D eigenvalue weighted by Gasteiger charge is -2.23. The first kappa shape index (κ1) is 15.0. The van der Waals surface area contributed by atoms with E-state index in [1.807, 2.05) is 0 Å². The molecule has 1 unspecified atom stereocenters. The molecule has 1 amide bonds. The Balaban J connectivity index is 2.36. The highest BCUT2D eigenvalue weighted by Gasteiger charge is 2.37. The van der Waals surface area contributed by atoms with Crippen LogP contribution in [0.5, 0.6) is 0 Å². The lowest BCUT2D eigenvalue weighted by molar-refractivity contribution is -0.151. The summed E-state index contributed by atoms with van der Waals surface area (Å²) in [5.74, 6) is -0.784. The Morgan fingerprint density at radius 3 is 2.33 bits per heavy atom. The average molecular weight is 256 g/mol. The monoisotopic (exact) mass is 256 g/mol. The van der Waals surface area contributed by atoms with Gasteiger partial charge in [-0.3, -0.25) is 9.59 Å². The van der Waals surface area contributed by atoms with Gasteiger partial charge in [-0.2, -0.15) is 0 Å². The highest BCUT2D eigenvalue weighted by atomic mass is 16.5. The fraction of sp³-hybridized carbons (Fsp3) is 0.846. The molecule has 1 atom stereocenters. The topological polar surface area (TPSA) is 81.4 Å². The average Bonchev–Trinajstić information content (AvgIpc) is 2.72. The van der Waals surface area contributed by atoms with Crippen molar-refractivity contribution in [2.24, 2.45) is 11.7 Å². The van der Waals surface area contributed by atoms with Crippen molar-refractivity contribution >= 4 is 11.9 Å². The molecule has 5 nitrogen and oxygen atoms in total. The zero-order chi connectivity index (χ0) is 13.8. The molecular formula is C13H24N2O3. The maximum Gasteiger partial charge on any atom is 0.310 e. The molecule has 0 aromatic heterocycles. The lowest BCUT2D eigenvalue weighted by atomic mass is 9.98. The van der Waals surface area contributed by atoms with Gasteiger partial charge in [0.15, 0.2) is 0 Å². The van der Waals surface area contributed by atoms with Crippen LogP contribution >= 0.6 is 0 Å². The van der Waals surface area contributed by atoms with Gasteiger partial charge in [0.1, 0.15) is 0 Å². The first-order chi connectivity index (χ1) is 8.35. The first-order valence-electron chi connectivity index (χ1n) is 6.63. The molecule has 1 fully saturated rings. The van der Waals surface area contributed by atoms with Crippen molar-refractivity contribution in [1.82, 2.24) is 5.32 Å². The van der Waals surface area contributed by atoms with Gasteiger partial charge in [-0.05, 0) is 26.7 Å². The fourth-order valence-corrected chi connectivity index (χ4v) is 2.09. The molecule has 18 heavy (non-hydrogen) atoms. The van der Waals surface area contributed by atoms with Crippen molar-refractivity contribution in [1.29, 1.82) is 0 Å². The van der Waals surface area contributed by atoms with E-state index in [0.29, 0.717) is 0 Å². The van der Waals surface area contributed by atoms with Gasteiger partial charge in [0, 0.05) is 6.54 Å². The zero-order valence-electron chi connectivity index (χ0n) is 11.5. The van der Waals surface area contributed by atoms with E-state index in [0.717, 1.165) is 25.7 Å². The van der Waals surface area contributed by atoms with Crippen molar-refractivity contribution in [3.8, 4) is 0 Å². The number of rotatable bonds is 5.